The number of hydrogen-bond donors (Lipinski definition) is 0. The number of amides is 1. The number of carbonyl (C=O) groups excluding carboxylic acids is 2. The van der Waals surface area contributed by atoms with Gasteiger partial charge in [0.2, 0.25) is 5.91 Å². The molecular weight excluding hydrogens is 427 g/mol. The second kappa shape index (κ2) is 6.64. The summed E-state index contributed by atoms with van der Waals surface area (Å²) < 4.78 is 6.03. The van der Waals surface area contributed by atoms with Crippen LogP contribution in [0, 0.1) is 3.57 Å². The molecule has 0 aliphatic carbocycles. The van der Waals surface area contributed by atoms with E-state index in [2.05, 4.69) is 27.6 Å². The third-order valence-corrected chi connectivity index (χ3v) is 5.47. The van der Waals surface area contributed by atoms with Crippen molar-refractivity contribution in [1.29, 1.82) is 0 Å². The fourth-order valence-electron chi connectivity index (χ4n) is 2.73. The van der Waals surface area contributed by atoms with Crippen LogP contribution in [0.1, 0.15) is 24.9 Å². The quantitative estimate of drug-likeness (QED) is 0.522. The van der Waals surface area contributed by atoms with Crippen LogP contribution >= 0.6 is 34.4 Å². The molecule has 0 unspecified atom stereocenters. The van der Waals surface area contributed by atoms with Gasteiger partial charge in [0.1, 0.15) is 0 Å². The van der Waals surface area contributed by atoms with Crippen molar-refractivity contribution >= 4 is 51.4 Å². The van der Waals surface area contributed by atoms with Crippen LogP contribution in [0.4, 0.5) is 0 Å². The Morgan fingerprint density at radius 1 is 1.39 bits per heavy atom. The Balaban J connectivity index is 2.17. The van der Waals surface area contributed by atoms with Gasteiger partial charge in [-0.3, -0.25) is 9.69 Å². The van der Waals surface area contributed by atoms with Gasteiger partial charge in [0, 0.05) is 15.7 Å². The van der Waals surface area contributed by atoms with Gasteiger partial charge in [-0.05, 0) is 47.2 Å². The van der Waals surface area contributed by atoms with E-state index in [4.69, 9.17) is 4.74 Å². The second-order valence-electron chi connectivity index (χ2n) is 5.20. The molecule has 1 atom stereocenters. The fraction of sp³-hybridized carbons (Fsp3) is 0.312. The van der Waals surface area contributed by atoms with Gasteiger partial charge in [-0.2, -0.15) is 0 Å². The minimum absolute atomic E-state index is 0.0139. The van der Waals surface area contributed by atoms with Gasteiger partial charge in [-0.1, -0.05) is 23.9 Å². The minimum atomic E-state index is -0.479. The molecule has 7 heteroatoms. The molecule has 5 nitrogen and oxygen atoms in total. The van der Waals surface area contributed by atoms with Gasteiger partial charge in [-0.25, -0.2) is 9.79 Å². The number of hydrogen-bond acceptors (Lipinski definition) is 5. The van der Waals surface area contributed by atoms with Gasteiger partial charge < -0.3 is 4.74 Å². The predicted molar refractivity (Wildman–Crippen MR) is 98.0 cm³/mol. The number of nitrogens with zero attached hydrogens (tertiary/aromatic N) is 2. The standard InChI is InChI=1S/C16H15IN2O3S/c1-9-13(15(21)22-2)14(10-3-5-11(17)6-4-10)19-12(20)7-8-23-16(19)18-9/h3-6,14H,7-8H2,1-2H3/t14-/m0/s1. The molecule has 1 aromatic carbocycles. The number of methoxy groups -OCH3 is 1. The topological polar surface area (TPSA) is 59.0 Å². The number of benzene rings is 1. The van der Waals surface area contributed by atoms with Crippen LogP contribution in [-0.4, -0.2) is 34.8 Å². The van der Waals surface area contributed by atoms with Crippen LogP contribution in [0.15, 0.2) is 40.5 Å². The number of allylic oxidation sites excluding steroid dienone is 1. The number of fused-ring (bicyclic) bond motifs is 1. The van der Waals surface area contributed by atoms with Crippen LogP contribution in [0.5, 0.6) is 0 Å². The summed E-state index contributed by atoms with van der Waals surface area (Å²) in [5.74, 6) is 0.256. The number of thioether (sulfide) groups is 1. The van der Waals surface area contributed by atoms with Crippen molar-refractivity contribution in [3.05, 3.63) is 44.7 Å². The van der Waals surface area contributed by atoms with Gasteiger partial charge in [0.15, 0.2) is 5.17 Å². The predicted octanol–water partition coefficient (Wildman–Crippen LogP) is 3.11. The maximum absolute atomic E-state index is 12.5. The number of halogens is 1. The first-order valence-electron chi connectivity index (χ1n) is 7.11. The highest BCUT2D eigenvalue weighted by atomic mass is 127. The molecule has 2 aliphatic heterocycles. The van der Waals surface area contributed by atoms with Gasteiger partial charge in [-0.15, -0.1) is 0 Å². The Morgan fingerprint density at radius 3 is 2.74 bits per heavy atom. The average molecular weight is 442 g/mol. The number of esters is 1. The first-order valence-corrected chi connectivity index (χ1v) is 9.17. The molecule has 0 aromatic heterocycles. The molecule has 1 aromatic rings. The van der Waals surface area contributed by atoms with Crippen molar-refractivity contribution in [2.45, 2.75) is 19.4 Å². The summed E-state index contributed by atoms with van der Waals surface area (Å²) in [6, 6.07) is 7.34. The van der Waals surface area contributed by atoms with E-state index in [0.29, 0.717) is 28.6 Å². The zero-order valence-corrected chi connectivity index (χ0v) is 15.7. The first kappa shape index (κ1) is 16.5. The van der Waals surface area contributed by atoms with E-state index >= 15 is 0 Å². The third-order valence-electron chi connectivity index (χ3n) is 3.80. The number of ether oxygens (including phenoxy) is 1. The normalized spacial score (nSPS) is 21.0. The lowest BCUT2D eigenvalue weighted by atomic mass is 9.94. The maximum Gasteiger partial charge on any atom is 0.338 e. The van der Waals surface area contributed by atoms with Crippen LogP contribution < -0.4 is 0 Å². The summed E-state index contributed by atoms with van der Waals surface area (Å²) in [4.78, 5) is 30.9. The van der Waals surface area contributed by atoms with Crippen molar-refractivity contribution in [3.63, 3.8) is 0 Å². The lowest BCUT2D eigenvalue weighted by molar-refractivity contribution is -0.137. The molecule has 3 rings (SSSR count). The Morgan fingerprint density at radius 2 is 2.09 bits per heavy atom. The largest absolute Gasteiger partial charge is 0.466 e. The maximum atomic E-state index is 12.5. The van der Waals surface area contributed by atoms with E-state index in [1.807, 2.05) is 24.3 Å². The highest BCUT2D eigenvalue weighted by Gasteiger charge is 2.41. The lowest BCUT2D eigenvalue weighted by Gasteiger charge is -2.38. The average Bonchev–Trinajstić information content (AvgIpc) is 2.54. The highest BCUT2D eigenvalue weighted by Crippen LogP contribution is 2.40. The summed E-state index contributed by atoms with van der Waals surface area (Å²) in [5.41, 5.74) is 1.91. The lowest BCUT2D eigenvalue weighted by Crippen LogP contribution is -2.45. The van der Waals surface area contributed by atoms with Crippen LogP contribution in [-0.2, 0) is 14.3 Å². The summed E-state index contributed by atoms with van der Waals surface area (Å²) in [7, 11) is 1.35. The Hall–Kier alpha value is -1.35. The van der Waals surface area contributed by atoms with E-state index in [-0.39, 0.29) is 5.91 Å². The number of amidine groups is 1. The van der Waals surface area contributed by atoms with Gasteiger partial charge in [0.05, 0.1) is 24.4 Å². The molecule has 0 saturated carbocycles. The van der Waals surface area contributed by atoms with Crippen molar-refractivity contribution in [3.8, 4) is 0 Å². The number of aliphatic imine (C=N–C) groups is 1. The third kappa shape index (κ3) is 3.03. The van der Waals surface area contributed by atoms with Crippen molar-refractivity contribution in [2.75, 3.05) is 12.9 Å². The molecule has 0 spiro atoms. The molecule has 1 amide bonds. The highest BCUT2D eigenvalue weighted by molar-refractivity contribution is 14.1. The van der Waals surface area contributed by atoms with Gasteiger partial charge >= 0.3 is 5.97 Å². The second-order valence-corrected chi connectivity index (χ2v) is 7.51. The summed E-state index contributed by atoms with van der Waals surface area (Å²) in [5, 5.41) is 0.662. The summed E-state index contributed by atoms with van der Waals surface area (Å²) in [6.07, 6.45) is 0.443. The zero-order chi connectivity index (χ0) is 16.6. The molecule has 0 N–H and O–H groups in total. The van der Waals surface area contributed by atoms with E-state index < -0.39 is 12.0 Å². The van der Waals surface area contributed by atoms with E-state index in [0.717, 1.165) is 9.13 Å². The van der Waals surface area contributed by atoms with Crippen LogP contribution in [0.25, 0.3) is 0 Å². The van der Waals surface area contributed by atoms with E-state index in [1.54, 1.807) is 23.6 Å². The number of rotatable bonds is 2. The van der Waals surface area contributed by atoms with E-state index in [9.17, 15) is 9.59 Å². The molecule has 1 fully saturated rings. The minimum Gasteiger partial charge on any atom is -0.466 e. The monoisotopic (exact) mass is 442 g/mol. The Bertz CT molecular complexity index is 727. The van der Waals surface area contributed by atoms with Crippen molar-refractivity contribution < 1.29 is 14.3 Å². The van der Waals surface area contributed by atoms with Crippen molar-refractivity contribution in [1.82, 2.24) is 4.90 Å². The zero-order valence-electron chi connectivity index (χ0n) is 12.7. The molecular formula is C16H15IN2O3S. The van der Waals surface area contributed by atoms with Crippen LogP contribution in [0.2, 0.25) is 0 Å². The molecule has 120 valence electrons. The van der Waals surface area contributed by atoms with Gasteiger partial charge in [0.25, 0.3) is 0 Å². The number of carbonyl (C=O) groups is 2. The summed E-state index contributed by atoms with van der Waals surface area (Å²) >= 11 is 3.77. The first-order chi connectivity index (χ1) is 11.0. The van der Waals surface area contributed by atoms with Crippen LogP contribution in [0.3, 0.4) is 0 Å². The Kier molecular flexibility index (Phi) is 4.77. The molecule has 1 saturated heterocycles. The van der Waals surface area contributed by atoms with Crippen molar-refractivity contribution in [2.24, 2.45) is 4.99 Å². The summed E-state index contributed by atoms with van der Waals surface area (Å²) in [6.45, 7) is 1.79. The molecule has 0 radical (unpaired) electrons. The van der Waals surface area contributed by atoms with E-state index in [1.165, 1.54) is 7.11 Å². The Labute approximate surface area is 152 Å². The fourth-order valence-corrected chi connectivity index (χ4v) is 4.09. The smallest absolute Gasteiger partial charge is 0.338 e. The molecule has 2 aliphatic rings. The molecule has 23 heavy (non-hydrogen) atoms. The SMILES string of the molecule is COC(=O)C1=C(C)N=C2SCCC(=O)N2[C@H]1c1ccc(I)cc1. The molecule has 0 bridgehead atoms. The molecule has 2 heterocycles.